The van der Waals surface area contributed by atoms with Crippen molar-refractivity contribution in [3.8, 4) is 17.2 Å². The lowest BCUT2D eigenvalue weighted by molar-refractivity contribution is -0.385. The molecule has 0 saturated heterocycles. The molecule has 0 aliphatic rings. The van der Waals surface area contributed by atoms with E-state index in [1.165, 1.54) is 0 Å². The van der Waals surface area contributed by atoms with E-state index >= 15 is 0 Å². The summed E-state index contributed by atoms with van der Waals surface area (Å²) in [5.41, 5.74) is 2.03. The van der Waals surface area contributed by atoms with Crippen molar-refractivity contribution in [1.29, 1.82) is 0 Å². The molecule has 158 valence electrons. The van der Waals surface area contributed by atoms with Crippen LogP contribution in [0.4, 0.5) is 5.69 Å². The van der Waals surface area contributed by atoms with Gasteiger partial charge in [-0.25, -0.2) is 5.43 Å². The summed E-state index contributed by atoms with van der Waals surface area (Å²) in [7, 11) is 0. The van der Waals surface area contributed by atoms with E-state index in [9.17, 15) is 20.0 Å². The van der Waals surface area contributed by atoms with Crippen LogP contribution < -0.4 is 14.9 Å². The molecule has 31 heavy (non-hydrogen) atoms. The first kappa shape index (κ1) is 21.8. The molecule has 0 aliphatic heterocycles. The Bertz CT molecular complexity index is 1050. The van der Waals surface area contributed by atoms with Gasteiger partial charge < -0.3 is 14.6 Å². The monoisotopic (exact) mass is 485 g/mol. The number of halogens is 1. The molecule has 0 radical (unpaired) electrons. The van der Waals surface area contributed by atoms with Crippen LogP contribution >= 0.6 is 15.9 Å². The van der Waals surface area contributed by atoms with Gasteiger partial charge in [0.2, 0.25) is 0 Å². The number of phenols is 1. The van der Waals surface area contributed by atoms with Crippen molar-refractivity contribution >= 4 is 33.7 Å². The molecule has 0 saturated carbocycles. The fraction of sp³-hybridized carbons (Fsp3) is 0.0476. The van der Waals surface area contributed by atoms with Gasteiger partial charge in [-0.1, -0.05) is 36.4 Å². The number of nitro benzene ring substituents is 1. The van der Waals surface area contributed by atoms with Gasteiger partial charge in [0.05, 0.1) is 15.6 Å². The summed E-state index contributed by atoms with van der Waals surface area (Å²) >= 11 is 3.04. The molecule has 0 aliphatic carbocycles. The van der Waals surface area contributed by atoms with Gasteiger partial charge in [-0.2, -0.15) is 5.10 Å². The van der Waals surface area contributed by atoms with E-state index in [0.717, 1.165) is 18.3 Å². The number of hydrogen-bond donors (Lipinski definition) is 2. The third kappa shape index (κ3) is 6.03. The number of nitrogens with zero attached hydrogens (tertiary/aromatic N) is 2. The smallest absolute Gasteiger partial charge is 0.323 e. The molecule has 0 heterocycles. The van der Waals surface area contributed by atoms with Crippen molar-refractivity contribution in [3.05, 3.63) is 92.9 Å². The number of benzene rings is 3. The van der Waals surface area contributed by atoms with Crippen molar-refractivity contribution in [1.82, 2.24) is 5.43 Å². The predicted molar refractivity (Wildman–Crippen MR) is 116 cm³/mol. The molecule has 10 heteroatoms. The summed E-state index contributed by atoms with van der Waals surface area (Å²) < 4.78 is 11.4. The molecule has 9 nitrogen and oxygen atoms in total. The largest absolute Gasteiger partial charge is 0.506 e. The number of ether oxygens (including phenoxy) is 2. The van der Waals surface area contributed by atoms with E-state index in [1.807, 2.05) is 0 Å². The molecule has 2 N–H and O–H groups in total. The van der Waals surface area contributed by atoms with E-state index in [0.29, 0.717) is 11.5 Å². The first-order valence-electron chi connectivity index (χ1n) is 8.87. The quantitative estimate of drug-likeness (QED) is 0.215. The number of nitrogens with one attached hydrogen (secondary N) is 1. The Morgan fingerprint density at radius 2 is 1.61 bits per heavy atom. The molecule has 3 aromatic rings. The number of rotatable bonds is 8. The van der Waals surface area contributed by atoms with Crippen molar-refractivity contribution < 1.29 is 24.3 Å². The van der Waals surface area contributed by atoms with Crippen LogP contribution in [0.5, 0.6) is 17.2 Å². The van der Waals surface area contributed by atoms with Gasteiger partial charge in [-0.15, -0.1) is 0 Å². The molecule has 0 fully saturated rings. The number of aromatic hydroxyl groups is 1. The van der Waals surface area contributed by atoms with Crippen LogP contribution in [-0.2, 0) is 4.79 Å². The number of hydrogen-bond acceptors (Lipinski definition) is 7. The molecule has 0 unspecified atom stereocenters. The number of hydrazone groups is 1. The SMILES string of the molecule is O=C(N/N=C\c1cc([N+](=O)[O-])cc(Br)c1O)C(Oc1ccccc1)Oc1ccccc1. The van der Waals surface area contributed by atoms with Crippen molar-refractivity contribution in [2.24, 2.45) is 5.10 Å². The second kappa shape index (κ2) is 10.2. The first-order chi connectivity index (χ1) is 14.9. The number of amides is 1. The number of para-hydroxylation sites is 2. The third-order valence-corrected chi connectivity index (χ3v) is 4.46. The second-order valence-electron chi connectivity index (χ2n) is 6.05. The lowest BCUT2D eigenvalue weighted by atomic mass is 10.2. The average molecular weight is 486 g/mol. The fourth-order valence-electron chi connectivity index (χ4n) is 2.40. The zero-order chi connectivity index (χ0) is 22.2. The molecule has 1 amide bonds. The summed E-state index contributed by atoms with van der Waals surface area (Å²) in [6.45, 7) is 0. The van der Waals surface area contributed by atoms with Crippen LogP contribution in [0.25, 0.3) is 0 Å². The van der Waals surface area contributed by atoms with Crippen LogP contribution in [0, 0.1) is 10.1 Å². The number of carbonyl (C=O) groups is 1. The summed E-state index contributed by atoms with van der Waals surface area (Å²) in [6.07, 6.45) is -0.292. The maximum atomic E-state index is 12.6. The molecule has 0 spiro atoms. The van der Waals surface area contributed by atoms with Crippen molar-refractivity contribution in [2.75, 3.05) is 0 Å². The highest BCUT2D eigenvalue weighted by Crippen LogP contribution is 2.31. The van der Waals surface area contributed by atoms with Crippen LogP contribution in [0.2, 0.25) is 0 Å². The average Bonchev–Trinajstić information content (AvgIpc) is 2.77. The van der Waals surface area contributed by atoms with Crippen molar-refractivity contribution in [2.45, 2.75) is 6.29 Å². The summed E-state index contributed by atoms with van der Waals surface area (Å²) in [6, 6.07) is 19.5. The Kier molecular flexibility index (Phi) is 7.17. The molecule has 3 aromatic carbocycles. The lowest BCUT2D eigenvalue weighted by Crippen LogP contribution is -2.40. The molecule has 3 rings (SSSR count). The first-order valence-corrected chi connectivity index (χ1v) is 9.66. The minimum atomic E-state index is -1.37. The van der Waals surface area contributed by atoms with Crippen LogP contribution in [-0.4, -0.2) is 28.4 Å². The Morgan fingerprint density at radius 1 is 1.06 bits per heavy atom. The summed E-state index contributed by atoms with van der Waals surface area (Å²) in [5, 5.41) is 24.8. The fourth-order valence-corrected chi connectivity index (χ4v) is 2.87. The molecular weight excluding hydrogens is 470 g/mol. The van der Waals surface area contributed by atoms with Gasteiger partial charge in [-0.3, -0.25) is 14.9 Å². The second-order valence-corrected chi connectivity index (χ2v) is 6.90. The Morgan fingerprint density at radius 3 is 2.13 bits per heavy atom. The van der Waals surface area contributed by atoms with E-state index in [2.05, 4.69) is 26.5 Å². The molecule has 0 bridgehead atoms. The molecule has 0 aromatic heterocycles. The topological polar surface area (TPSA) is 123 Å². The lowest BCUT2D eigenvalue weighted by Gasteiger charge is -2.18. The van der Waals surface area contributed by atoms with Crippen LogP contribution in [0.3, 0.4) is 0 Å². The number of non-ortho nitro benzene ring substituents is 1. The Labute approximate surface area is 185 Å². The van der Waals surface area contributed by atoms with Gasteiger partial charge in [0.1, 0.15) is 17.2 Å². The zero-order valence-electron chi connectivity index (χ0n) is 15.8. The number of phenolic OH excluding ortho intramolecular Hbond substituents is 1. The summed E-state index contributed by atoms with van der Waals surface area (Å²) in [5.74, 6) is -0.181. The predicted octanol–water partition coefficient (Wildman–Crippen LogP) is 4.00. The van der Waals surface area contributed by atoms with Crippen LogP contribution in [0.1, 0.15) is 5.56 Å². The highest BCUT2D eigenvalue weighted by molar-refractivity contribution is 9.10. The van der Waals surface area contributed by atoms with E-state index in [1.54, 1.807) is 60.7 Å². The highest BCUT2D eigenvalue weighted by atomic mass is 79.9. The van der Waals surface area contributed by atoms with Gasteiger partial charge in [0.15, 0.2) is 0 Å². The molecular formula is C21H16BrN3O6. The Hall–Kier alpha value is -3.92. The van der Waals surface area contributed by atoms with E-state index in [4.69, 9.17) is 9.47 Å². The Balaban J connectivity index is 1.76. The summed E-state index contributed by atoms with van der Waals surface area (Å²) in [4.78, 5) is 23.0. The normalized spacial score (nSPS) is 10.8. The van der Waals surface area contributed by atoms with Gasteiger partial charge in [0.25, 0.3) is 5.69 Å². The third-order valence-electron chi connectivity index (χ3n) is 3.85. The minimum Gasteiger partial charge on any atom is -0.506 e. The number of carbonyl (C=O) groups excluding carboxylic acids is 1. The zero-order valence-corrected chi connectivity index (χ0v) is 17.4. The molecule has 0 atom stereocenters. The van der Waals surface area contributed by atoms with Gasteiger partial charge in [0, 0.05) is 17.7 Å². The maximum Gasteiger partial charge on any atom is 0.323 e. The maximum absolute atomic E-state index is 12.6. The van der Waals surface area contributed by atoms with E-state index in [-0.39, 0.29) is 21.5 Å². The minimum absolute atomic E-state index is 0.0332. The van der Waals surface area contributed by atoms with Gasteiger partial charge >= 0.3 is 12.2 Å². The van der Waals surface area contributed by atoms with Gasteiger partial charge in [-0.05, 0) is 40.2 Å². The standard InChI is InChI=1S/C21H16BrN3O6/c22-18-12-15(25(28)29)11-14(19(18)26)13-23-24-20(27)21(30-16-7-3-1-4-8-16)31-17-9-5-2-6-10-17/h1-13,21,26H,(H,24,27)/b23-13-. The van der Waals surface area contributed by atoms with Crippen LogP contribution in [0.15, 0.2) is 82.4 Å². The highest BCUT2D eigenvalue weighted by Gasteiger charge is 2.22. The van der Waals surface area contributed by atoms with E-state index < -0.39 is 17.1 Å². The number of nitro groups is 1. The van der Waals surface area contributed by atoms with Crippen molar-refractivity contribution in [3.63, 3.8) is 0 Å².